The number of fused-ring (bicyclic) bond motifs is 5. The molecule has 8 aromatic carbocycles. The van der Waals surface area contributed by atoms with Gasteiger partial charge in [0.15, 0.2) is 19.7 Å². The highest BCUT2D eigenvalue weighted by atomic mass is 32.2. The summed E-state index contributed by atoms with van der Waals surface area (Å²) in [4.78, 5) is 24.9. The Kier molecular flexibility index (Phi) is 20.9. The van der Waals surface area contributed by atoms with Gasteiger partial charge in [-0.15, -0.1) is 0 Å². The number of amides is 1. The molecular formula is C102H118N8O7S3. The fourth-order valence-electron chi connectivity index (χ4n) is 25.0. The third-order valence-electron chi connectivity index (χ3n) is 31.7. The van der Waals surface area contributed by atoms with E-state index in [1.807, 2.05) is 53.4 Å². The fraction of sp³-hybridized carbons (Fsp3) is 0.480. The number of benzene rings is 8. The van der Waals surface area contributed by atoms with Gasteiger partial charge < -0.3 is 35.2 Å². The Balaban J connectivity index is 0.532. The van der Waals surface area contributed by atoms with Gasteiger partial charge in [0, 0.05) is 102 Å². The van der Waals surface area contributed by atoms with Crippen molar-refractivity contribution < 1.29 is 30.0 Å². The van der Waals surface area contributed by atoms with E-state index in [-0.39, 0.29) is 39.4 Å². The SMILES string of the molecule is Cn1cccc1S(=O)(=O)c1ccc(N2CC(CN3CCC(C4(C5CCCC5)NCCc5cc(C6CCC(C7(c8ccc9c(c8)CCN(CCc8ccc(S(=O)(=O)C%10CC%10)cc8)C9)NCCc8cc(C9CCC(C%10(c%11ccc%12c(c%11)CCN(C(=O)Cc%11ccc(S(=O)(=O)C%13CC%13)cc%11)C%12)NCCc%11ccccc%11%10)C9)ccc87)C6)ccc54)CC3)C2)cc1. The summed E-state index contributed by atoms with van der Waals surface area (Å²) < 4.78 is 80.6. The number of carbonyl (C=O) groups excluding carboxylic acids is 1. The second-order valence-electron chi connectivity index (χ2n) is 38.5. The maximum absolute atomic E-state index is 14.0. The molecule has 9 aromatic rings. The van der Waals surface area contributed by atoms with E-state index in [4.69, 9.17) is 0 Å². The van der Waals surface area contributed by atoms with E-state index in [0.29, 0.717) is 74.2 Å². The Labute approximate surface area is 711 Å². The first-order valence-electron chi connectivity index (χ1n) is 45.8. The second kappa shape index (κ2) is 31.6. The monoisotopic (exact) mass is 1660 g/mol. The lowest BCUT2D eigenvalue weighted by molar-refractivity contribution is -0.131. The van der Waals surface area contributed by atoms with Crippen LogP contribution in [0, 0.1) is 29.6 Å². The van der Waals surface area contributed by atoms with Gasteiger partial charge in [0.1, 0.15) is 5.03 Å². The van der Waals surface area contributed by atoms with Crippen LogP contribution in [0.15, 0.2) is 208 Å². The first-order chi connectivity index (χ1) is 58.4. The Bertz CT molecular complexity index is 5750. The summed E-state index contributed by atoms with van der Waals surface area (Å²) in [6, 6.07) is 65.7. The summed E-state index contributed by atoms with van der Waals surface area (Å²) >= 11 is 0. The smallest absolute Gasteiger partial charge is 0.227 e. The van der Waals surface area contributed by atoms with E-state index < -0.39 is 29.5 Å². The lowest BCUT2D eigenvalue weighted by Gasteiger charge is -2.53. The van der Waals surface area contributed by atoms with Gasteiger partial charge in [-0.3, -0.25) is 9.69 Å². The molecule has 1 aromatic heterocycles. The third-order valence-corrected chi connectivity index (χ3v) is 38.1. The lowest BCUT2D eigenvalue weighted by Crippen LogP contribution is -2.59. The minimum atomic E-state index is -3.58. The molecule has 21 rings (SSSR count). The van der Waals surface area contributed by atoms with E-state index in [1.54, 1.807) is 70.9 Å². The van der Waals surface area contributed by atoms with E-state index in [0.717, 1.165) is 180 Å². The average Bonchev–Trinajstić information content (AvgIpc) is 1.30. The fourth-order valence-corrected chi connectivity index (χ4v) is 29.7. The summed E-state index contributed by atoms with van der Waals surface area (Å²) in [6.45, 7) is 12.3. The van der Waals surface area contributed by atoms with Crippen molar-refractivity contribution in [1.29, 1.82) is 0 Å². The van der Waals surface area contributed by atoms with Crippen LogP contribution >= 0.6 is 0 Å². The van der Waals surface area contributed by atoms with Crippen LogP contribution in [0.1, 0.15) is 204 Å². The highest BCUT2D eigenvalue weighted by Gasteiger charge is 2.54. The van der Waals surface area contributed by atoms with Crippen molar-refractivity contribution in [2.45, 2.75) is 219 Å². The summed E-state index contributed by atoms with van der Waals surface area (Å²) in [5.41, 5.74) is 22.7. The topological polar surface area (TPSA) is 173 Å². The van der Waals surface area contributed by atoms with Crippen LogP contribution in [0.25, 0.3) is 0 Å². The van der Waals surface area contributed by atoms with Crippen molar-refractivity contribution in [2.24, 2.45) is 36.6 Å². The molecule has 7 unspecified atom stereocenters. The molecule has 0 radical (unpaired) electrons. The predicted molar refractivity (Wildman–Crippen MR) is 474 cm³/mol. The van der Waals surface area contributed by atoms with Crippen molar-refractivity contribution in [1.82, 2.24) is 35.2 Å². The minimum Gasteiger partial charge on any atom is -0.371 e. The van der Waals surface area contributed by atoms with Gasteiger partial charge in [0.2, 0.25) is 15.7 Å². The van der Waals surface area contributed by atoms with Crippen LogP contribution in [-0.2, 0) is 116 Å². The summed E-state index contributed by atoms with van der Waals surface area (Å²) in [5, 5.41) is 13.0. The number of hydrogen-bond acceptors (Lipinski definition) is 13. The van der Waals surface area contributed by atoms with Crippen molar-refractivity contribution in [3.05, 3.63) is 277 Å². The zero-order chi connectivity index (χ0) is 81.3. The van der Waals surface area contributed by atoms with Gasteiger partial charge in [-0.05, 0) is 327 Å². The Morgan fingerprint density at radius 3 is 1.61 bits per heavy atom. The molecule has 0 bridgehead atoms. The number of nitrogens with one attached hydrogen (secondary N) is 3. The Hall–Kier alpha value is -8.04. The molecule has 12 aliphatic rings. The van der Waals surface area contributed by atoms with E-state index in [9.17, 15) is 30.0 Å². The molecule has 2 saturated heterocycles. The van der Waals surface area contributed by atoms with Crippen LogP contribution in [0.4, 0.5) is 5.69 Å². The highest BCUT2D eigenvalue weighted by molar-refractivity contribution is 7.92. The molecule has 7 aliphatic heterocycles. The predicted octanol–water partition coefficient (Wildman–Crippen LogP) is 15.8. The Morgan fingerprint density at radius 2 is 0.992 bits per heavy atom. The number of sulfone groups is 3. The molecule has 5 aliphatic carbocycles. The molecular weight excluding hydrogens is 1550 g/mol. The molecule has 0 spiro atoms. The molecule has 3 N–H and O–H groups in total. The van der Waals surface area contributed by atoms with E-state index >= 15 is 0 Å². The largest absolute Gasteiger partial charge is 0.371 e. The number of piperidine rings is 1. The summed E-state index contributed by atoms with van der Waals surface area (Å²) in [6.07, 6.45) is 25.3. The Morgan fingerprint density at radius 1 is 0.442 bits per heavy atom. The third kappa shape index (κ3) is 14.3. The molecule has 7 atom stereocenters. The lowest BCUT2D eigenvalue weighted by atomic mass is 9.62. The zero-order valence-corrected chi connectivity index (χ0v) is 72.3. The van der Waals surface area contributed by atoms with Gasteiger partial charge in [0.05, 0.1) is 42.7 Å². The number of likely N-dealkylation sites (tertiary alicyclic amines) is 1. The molecule has 1 amide bonds. The van der Waals surface area contributed by atoms with Crippen molar-refractivity contribution in [3.8, 4) is 0 Å². The van der Waals surface area contributed by atoms with Crippen LogP contribution in [0.5, 0.6) is 0 Å². The number of rotatable bonds is 22. The normalized spacial score (nSPS) is 26.4. The van der Waals surface area contributed by atoms with Gasteiger partial charge in [-0.1, -0.05) is 134 Å². The molecule has 15 nitrogen and oxygen atoms in total. The van der Waals surface area contributed by atoms with Crippen LogP contribution in [0.2, 0.25) is 0 Å². The maximum atomic E-state index is 14.0. The number of anilines is 1. The highest BCUT2D eigenvalue weighted by Crippen LogP contribution is 2.57. The molecule has 120 heavy (non-hydrogen) atoms. The second-order valence-corrected chi connectivity index (χ2v) is 44.8. The minimum absolute atomic E-state index is 0.00372. The molecule has 8 heterocycles. The quantitative estimate of drug-likeness (QED) is 0.0586. The van der Waals surface area contributed by atoms with E-state index in [2.05, 4.69) is 128 Å². The zero-order valence-electron chi connectivity index (χ0n) is 69.9. The van der Waals surface area contributed by atoms with Crippen molar-refractivity contribution in [3.63, 3.8) is 0 Å². The van der Waals surface area contributed by atoms with Gasteiger partial charge in [0.25, 0.3) is 0 Å². The summed E-state index contributed by atoms with van der Waals surface area (Å²) in [5.74, 6) is 3.52. The van der Waals surface area contributed by atoms with Crippen LogP contribution in [0.3, 0.4) is 0 Å². The van der Waals surface area contributed by atoms with E-state index in [1.165, 1.54) is 112 Å². The summed E-state index contributed by atoms with van der Waals surface area (Å²) in [7, 11) is -8.31. The van der Waals surface area contributed by atoms with Gasteiger partial charge in [-0.25, -0.2) is 25.3 Å². The number of carbonyl (C=O) groups is 1. The molecule has 7 fully saturated rings. The molecule has 626 valence electrons. The van der Waals surface area contributed by atoms with Gasteiger partial charge in [-0.2, -0.15) is 0 Å². The number of nitrogens with zero attached hydrogens (tertiary/aromatic N) is 5. The maximum Gasteiger partial charge on any atom is 0.227 e. The van der Waals surface area contributed by atoms with Crippen LogP contribution in [-0.4, -0.2) is 133 Å². The molecule has 18 heteroatoms. The standard InChI is InChI=1S/C102H118N8O7S3/c1-106-51-6-11-99(106)120(116,117)94-32-26-89(27-33-94)110-65-71(66-110)64-107-54-46-84(47-55-107)100(83-8-3-4-9-83)96-38-20-73(58-79(96)41-49-103-100)76-17-23-86(61-76)102(88-24-18-81-67-108(53-44-77(81)62-88)52-43-69-12-28-90(29-13-69)118(112,113)92-34-35-92)97-39-21-74(59-80(97)42-50-105-102)75-16-22-85(60-75)101(95-10-5-2-7-72(95)40-48-104-101)87-25-19-82-68-109(56-45-78(82)63-87)98(111)57-70-14-30-91(31-15-70)119(114,115)93-36-37-93/h2,5-7,10-15,18-21,24-33,38-39,51,58-59,62-63,71,75-76,83-86,92-93,103-105H,3-4,8-9,16-17,22-23,34-37,40-50,52-57,60-61,64-68H2,1H3. The first kappa shape index (κ1) is 79.2. The molecule has 5 saturated carbocycles. The number of hydrogen-bond donors (Lipinski definition) is 3. The number of aryl methyl sites for hydroxylation is 1. The number of aromatic nitrogens is 1. The van der Waals surface area contributed by atoms with Crippen molar-refractivity contribution in [2.75, 3.05) is 76.9 Å². The van der Waals surface area contributed by atoms with Crippen LogP contribution < -0.4 is 20.9 Å². The first-order valence-corrected chi connectivity index (χ1v) is 50.4. The van der Waals surface area contributed by atoms with Gasteiger partial charge >= 0.3 is 0 Å². The van der Waals surface area contributed by atoms with Crippen molar-refractivity contribution >= 4 is 41.1 Å². The average molecular weight is 1660 g/mol.